The molecule has 0 spiro atoms. The van der Waals surface area contributed by atoms with E-state index in [4.69, 9.17) is 21.1 Å². The van der Waals surface area contributed by atoms with Gasteiger partial charge in [0.1, 0.15) is 18.0 Å². The molecular weight excluding hydrogens is 406 g/mol. The van der Waals surface area contributed by atoms with Gasteiger partial charge in [-0.3, -0.25) is 0 Å². The molecular formula is C23H28ClNO5. The van der Waals surface area contributed by atoms with Crippen LogP contribution in [0.2, 0.25) is 5.02 Å². The van der Waals surface area contributed by atoms with Crippen molar-refractivity contribution in [1.82, 2.24) is 5.32 Å². The van der Waals surface area contributed by atoms with Crippen LogP contribution in [-0.4, -0.2) is 53.9 Å². The SMILES string of the molecule is CNCc1ccc(Cc2cc(C3CC(O)C(O)C(CO)O3)c3c(c2Cl)OCC3)cc1. The average molecular weight is 434 g/mol. The molecule has 4 N–H and O–H groups in total. The third-order valence-corrected chi connectivity index (χ3v) is 6.34. The number of hydrogen-bond donors (Lipinski definition) is 4. The van der Waals surface area contributed by atoms with Gasteiger partial charge in [0.15, 0.2) is 0 Å². The zero-order valence-electron chi connectivity index (χ0n) is 17.0. The van der Waals surface area contributed by atoms with Gasteiger partial charge in [0.25, 0.3) is 0 Å². The maximum absolute atomic E-state index is 10.3. The lowest BCUT2D eigenvalue weighted by Crippen LogP contribution is -2.47. The molecule has 0 radical (unpaired) electrons. The van der Waals surface area contributed by atoms with Crippen LogP contribution in [0.15, 0.2) is 30.3 Å². The highest BCUT2D eigenvalue weighted by atomic mass is 35.5. The predicted molar refractivity (Wildman–Crippen MR) is 114 cm³/mol. The minimum absolute atomic E-state index is 0.254. The molecule has 162 valence electrons. The standard InChI is InChI=1S/C23H28ClNO5/c1-25-11-14-4-2-13(3-5-14)8-15-9-17(16-6-7-29-23(16)21(15)24)19-10-18(27)22(28)20(12-26)30-19/h2-5,9,18-20,22,25-28H,6-8,10-12H2,1H3. The van der Waals surface area contributed by atoms with E-state index in [1.165, 1.54) is 5.56 Å². The molecule has 1 saturated heterocycles. The third kappa shape index (κ3) is 4.21. The minimum Gasteiger partial charge on any atom is -0.491 e. The fraction of sp³-hybridized carbons (Fsp3) is 0.478. The number of aliphatic hydroxyl groups is 3. The van der Waals surface area contributed by atoms with Crippen LogP contribution in [0.1, 0.15) is 40.3 Å². The van der Waals surface area contributed by atoms with Crippen LogP contribution in [0.5, 0.6) is 5.75 Å². The second-order valence-corrected chi connectivity index (χ2v) is 8.39. The number of halogens is 1. The Morgan fingerprint density at radius 3 is 2.60 bits per heavy atom. The van der Waals surface area contributed by atoms with Gasteiger partial charge >= 0.3 is 0 Å². The van der Waals surface area contributed by atoms with Crippen molar-refractivity contribution in [3.8, 4) is 5.75 Å². The summed E-state index contributed by atoms with van der Waals surface area (Å²) in [5.74, 6) is 0.681. The summed E-state index contributed by atoms with van der Waals surface area (Å²) >= 11 is 6.70. The van der Waals surface area contributed by atoms with Crippen LogP contribution in [0.3, 0.4) is 0 Å². The van der Waals surface area contributed by atoms with E-state index in [2.05, 4.69) is 29.6 Å². The molecule has 0 bridgehead atoms. The van der Waals surface area contributed by atoms with Gasteiger partial charge in [-0.1, -0.05) is 41.9 Å². The topological polar surface area (TPSA) is 91.2 Å². The molecule has 2 heterocycles. The molecule has 4 unspecified atom stereocenters. The molecule has 0 saturated carbocycles. The number of hydrogen-bond acceptors (Lipinski definition) is 6. The first-order chi connectivity index (χ1) is 14.5. The zero-order valence-corrected chi connectivity index (χ0v) is 17.7. The Hall–Kier alpha value is -1.67. The number of ether oxygens (including phenoxy) is 2. The molecule has 7 heteroatoms. The van der Waals surface area contributed by atoms with Crippen molar-refractivity contribution in [3.05, 3.63) is 63.2 Å². The van der Waals surface area contributed by atoms with Crippen LogP contribution in [0.4, 0.5) is 0 Å². The van der Waals surface area contributed by atoms with Gasteiger partial charge in [0.05, 0.1) is 30.4 Å². The van der Waals surface area contributed by atoms with Gasteiger partial charge in [0.2, 0.25) is 0 Å². The fourth-order valence-corrected chi connectivity index (χ4v) is 4.62. The van der Waals surface area contributed by atoms with E-state index in [1.54, 1.807) is 0 Å². The Morgan fingerprint density at radius 1 is 1.17 bits per heavy atom. The summed E-state index contributed by atoms with van der Waals surface area (Å²) in [6.45, 7) is 1.01. The van der Waals surface area contributed by atoms with Gasteiger partial charge in [-0.15, -0.1) is 0 Å². The molecule has 0 amide bonds. The first kappa shape index (κ1) is 21.6. The van der Waals surface area contributed by atoms with E-state index in [-0.39, 0.29) is 13.0 Å². The van der Waals surface area contributed by atoms with Crippen molar-refractivity contribution in [2.24, 2.45) is 0 Å². The van der Waals surface area contributed by atoms with Crippen molar-refractivity contribution in [2.45, 2.75) is 50.2 Å². The van der Waals surface area contributed by atoms with E-state index in [0.717, 1.165) is 28.8 Å². The summed E-state index contributed by atoms with van der Waals surface area (Å²) in [7, 11) is 1.92. The first-order valence-electron chi connectivity index (χ1n) is 10.3. The van der Waals surface area contributed by atoms with Crippen molar-refractivity contribution in [3.63, 3.8) is 0 Å². The second-order valence-electron chi connectivity index (χ2n) is 8.01. The molecule has 30 heavy (non-hydrogen) atoms. The smallest absolute Gasteiger partial charge is 0.141 e. The van der Waals surface area contributed by atoms with Gasteiger partial charge in [0, 0.05) is 24.9 Å². The molecule has 6 nitrogen and oxygen atoms in total. The maximum atomic E-state index is 10.3. The second kappa shape index (κ2) is 9.22. The van der Waals surface area contributed by atoms with Crippen molar-refractivity contribution < 1.29 is 24.8 Å². The van der Waals surface area contributed by atoms with Gasteiger partial charge in [-0.2, -0.15) is 0 Å². The number of benzene rings is 2. The van der Waals surface area contributed by atoms with Crippen molar-refractivity contribution >= 4 is 11.6 Å². The monoisotopic (exact) mass is 433 g/mol. The van der Waals surface area contributed by atoms with Crippen LogP contribution >= 0.6 is 11.6 Å². The van der Waals surface area contributed by atoms with E-state index in [9.17, 15) is 15.3 Å². The Kier molecular flexibility index (Phi) is 6.63. The third-order valence-electron chi connectivity index (χ3n) is 5.93. The van der Waals surface area contributed by atoms with Crippen molar-refractivity contribution in [2.75, 3.05) is 20.3 Å². The Balaban J connectivity index is 1.66. The van der Waals surface area contributed by atoms with Gasteiger partial charge < -0.3 is 30.1 Å². The van der Waals surface area contributed by atoms with E-state index in [1.807, 2.05) is 13.1 Å². The fourth-order valence-electron chi connectivity index (χ4n) is 4.33. The first-order valence-corrected chi connectivity index (χ1v) is 10.7. The zero-order chi connectivity index (χ0) is 21.3. The Morgan fingerprint density at radius 2 is 1.90 bits per heavy atom. The largest absolute Gasteiger partial charge is 0.491 e. The number of nitrogens with one attached hydrogen (secondary N) is 1. The van der Waals surface area contributed by atoms with E-state index >= 15 is 0 Å². The molecule has 4 rings (SSSR count). The normalized spacial score (nSPS) is 25.8. The minimum atomic E-state index is -1.10. The predicted octanol–water partition coefficient (Wildman–Crippen LogP) is 2.13. The van der Waals surface area contributed by atoms with Crippen molar-refractivity contribution in [1.29, 1.82) is 0 Å². The number of fused-ring (bicyclic) bond motifs is 1. The highest BCUT2D eigenvalue weighted by Gasteiger charge is 2.39. The summed E-state index contributed by atoms with van der Waals surface area (Å²) in [6.07, 6.45) is -1.71. The van der Waals surface area contributed by atoms with Crippen LogP contribution in [0.25, 0.3) is 0 Å². The summed E-state index contributed by atoms with van der Waals surface area (Å²) < 4.78 is 11.8. The molecule has 0 aromatic heterocycles. The molecule has 0 aliphatic carbocycles. The lowest BCUT2D eigenvalue weighted by atomic mass is 9.88. The van der Waals surface area contributed by atoms with E-state index < -0.39 is 24.4 Å². The quantitative estimate of drug-likeness (QED) is 0.558. The van der Waals surface area contributed by atoms with E-state index in [0.29, 0.717) is 30.2 Å². The van der Waals surface area contributed by atoms with Crippen LogP contribution in [0, 0.1) is 0 Å². The van der Waals surface area contributed by atoms with Gasteiger partial charge in [-0.25, -0.2) is 0 Å². The van der Waals surface area contributed by atoms with Crippen LogP contribution < -0.4 is 10.1 Å². The summed E-state index contributed by atoms with van der Waals surface area (Å²) in [6, 6.07) is 10.4. The Bertz CT molecular complexity index is 888. The average Bonchev–Trinajstić information content (AvgIpc) is 3.24. The van der Waals surface area contributed by atoms with Crippen LogP contribution in [-0.2, 0) is 24.1 Å². The lowest BCUT2D eigenvalue weighted by molar-refractivity contribution is -0.181. The highest BCUT2D eigenvalue weighted by Crippen LogP contribution is 2.44. The molecule has 2 aliphatic heterocycles. The molecule has 2 aliphatic rings. The lowest BCUT2D eigenvalue weighted by Gasteiger charge is -2.37. The summed E-state index contributed by atoms with van der Waals surface area (Å²) in [4.78, 5) is 0. The number of aliphatic hydroxyl groups excluding tert-OH is 3. The highest BCUT2D eigenvalue weighted by molar-refractivity contribution is 6.33. The summed E-state index contributed by atoms with van der Waals surface area (Å²) in [5, 5.41) is 33.6. The number of rotatable bonds is 6. The van der Waals surface area contributed by atoms with Gasteiger partial charge in [-0.05, 0) is 35.7 Å². The molecule has 2 aromatic carbocycles. The molecule has 2 aromatic rings. The maximum Gasteiger partial charge on any atom is 0.141 e. The summed E-state index contributed by atoms with van der Waals surface area (Å²) in [5.41, 5.74) is 5.17. The Labute approximate surface area is 181 Å². The molecule has 1 fully saturated rings. The molecule has 4 atom stereocenters.